The molecule has 2 aromatic carbocycles. The van der Waals surface area contributed by atoms with Crippen LogP contribution in [-0.2, 0) is 0 Å². The maximum absolute atomic E-state index is 9.61. The third-order valence-corrected chi connectivity index (χ3v) is 3.20. The Morgan fingerprint density at radius 1 is 1.27 bits per heavy atom. The molecule has 0 aliphatic rings. The first-order valence-corrected chi connectivity index (χ1v) is 6.94. The highest BCUT2D eigenvalue weighted by Gasteiger charge is 2.00. The number of aromatic hydroxyl groups is 1. The second-order valence-corrected chi connectivity index (χ2v) is 4.96. The van der Waals surface area contributed by atoms with Crippen LogP contribution in [0.3, 0.4) is 0 Å². The van der Waals surface area contributed by atoms with E-state index in [1.54, 1.807) is 24.4 Å². The molecule has 4 N–H and O–H groups in total. The summed E-state index contributed by atoms with van der Waals surface area (Å²) in [4.78, 5) is 0. The Morgan fingerprint density at radius 2 is 2.14 bits per heavy atom. The van der Waals surface area contributed by atoms with E-state index in [9.17, 15) is 5.11 Å². The first kappa shape index (κ1) is 14.0. The molecular formula is C15H13N5OS. The van der Waals surface area contributed by atoms with Crippen molar-refractivity contribution in [1.82, 2.24) is 15.6 Å². The summed E-state index contributed by atoms with van der Waals surface area (Å²) in [5.41, 5.74) is 5.06. The predicted octanol–water partition coefficient (Wildman–Crippen LogP) is 2.59. The molecule has 0 saturated carbocycles. The standard InChI is InChI=1S/C15H13N5OS/c21-14-4-2-1-3-11(14)9-17-20-15(22)18-12-6-5-10-8-16-19-13(10)7-12/h1-9,21H,(H,16,19)(H2,18,20,22)/b17-9-. The average molecular weight is 311 g/mol. The van der Waals surface area contributed by atoms with Crippen molar-refractivity contribution in [2.45, 2.75) is 0 Å². The molecule has 0 amide bonds. The monoisotopic (exact) mass is 311 g/mol. The van der Waals surface area contributed by atoms with Gasteiger partial charge in [-0.1, -0.05) is 12.1 Å². The molecule has 0 aliphatic heterocycles. The minimum atomic E-state index is 0.164. The van der Waals surface area contributed by atoms with Crippen LogP contribution in [0.1, 0.15) is 5.56 Å². The lowest BCUT2D eigenvalue weighted by Gasteiger charge is -2.06. The van der Waals surface area contributed by atoms with Crippen molar-refractivity contribution in [3.8, 4) is 5.75 Å². The first-order chi connectivity index (χ1) is 10.7. The second kappa shape index (κ2) is 6.23. The van der Waals surface area contributed by atoms with Gasteiger partial charge in [0.2, 0.25) is 0 Å². The molecule has 3 rings (SSSR count). The van der Waals surface area contributed by atoms with Crippen molar-refractivity contribution < 1.29 is 5.11 Å². The molecule has 1 aromatic heterocycles. The van der Waals surface area contributed by atoms with Gasteiger partial charge in [-0.3, -0.25) is 10.5 Å². The Bertz CT molecular complexity index is 843. The maximum atomic E-state index is 9.61. The SMILES string of the molecule is Oc1ccccc1/C=N\NC(=S)Nc1ccc2cn[nH]c2c1. The summed E-state index contributed by atoms with van der Waals surface area (Å²) in [7, 11) is 0. The van der Waals surface area contributed by atoms with Gasteiger partial charge in [0.05, 0.1) is 17.9 Å². The Kier molecular flexibility index (Phi) is 3.97. The summed E-state index contributed by atoms with van der Waals surface area (Å²) >= 11 is 5.16. The number of anilines is 1. The van der Waals surface area contributed by atoms with Gasteiger partial charge in [-0.15, -0.1) is 0 Å². The van der Waals surface area contributed by atoms with Gasteiger partial charge < -0.3 is 10.4 Å². The Balaban J connectivity index is 1.61. The highest BCUT2D eigenvalue weighted by atomic mass is 32.1. The van der Waals surface area contributed by atoms with Crippen molar-refractivity contribution in [2.24, 2.45) is 5.10 Å². The molecule has 0 radical (unpaired) electrons. The topological polar surface area (TPSA) is 85.3 Å². The largest absolute Gasteiger partial charge is 0.507 e. The fourth-order valence-electron chi connectivity index (χ4n) is 1.93. The van der Waals surface area contributed by atoms with Crippen LogP contribution in [0.5, 0.6) is 5.75 Å². The number of phenols is 1. The number of thiocarbonyl (C=S) groups is 1. The van der Waals surface area contributed by atoms with Crippen LogP contribution in [0.25, 0.3) is 10.9 Å². The highest BCUT2D eigenvalue weighted by Crippen LogP contribution is 2.16. The van der Waals surface area contributed by atoms with Gasteiger partial charge in [0, 0.05) is 16.6 Å². The summed E-state index contributed by atoms with van der Waals surface area (Å²) in [6.45, 7) is 0. The fourth-order valence-corrected chi connectivity index (χ4v) is 2.10. The van der Waals surface area contributed by atoms with Crippen molar-refractivity contribution in [1.29, 1.82) is 0 Å². The summed E-state index contributed by atoms with van der Waals surface area (Å²) < 4.78 is 0. The normalized spacial score (nSPS) is 10.9. The molecule has 0 aliphatic carbocycles. The number of benzene rings is 2. The van der Waals surface area contributed by atoms with Gasteiger partial charge >= 0.3 is 0 Å². The van der Waals surface area contributed by atoms with Crippen LogP contribution in [0.15, 0.2) is 53.8 Å². The molecule has 0 unspecified atom stereocenters. The number of H-pyrrole nitrogens is 1. The molecule has 0 fully saturated rings. The molecule has 110 valence electrons. The van der Waals surface area contributed by atoms with Crippen molar-refractivity contribution in [2.75, 3.05) is 5.32 Å². The number of aromatic amines is 1. The van der Waals surface area contributed by atoms with Gasteiger partial charge in [-0.05, 0) is 42.5 Å². The number of phenolic OH excluding ortho intramolecular Hbond substituents is 1. The molecule has 22 heavy (non-hydrogen) atoms. The van der Waals surface area contributed by atoms with Crippen molar-refractivity contribution in [3.63, 3.8) is 0 Å². The van der Waals surface area contributed by atoms with E-state index in [0.717, 1.165) is 16.6 Å². The van der Waals surface area contributed by atoms with Crippen LogP contribution < -0.4 is 10.7 Å². The van der Waals surface area contributed by atoms with Crippen LogP contribution >= 0.6 is 12.2 Å². The molecule has 0 atom stereocenters. The third-order valence-electron chi connectivity index (χ3n) is 3.01. The lowest BCUT2D eigenvalue weighted by atomic mass is 10.2. The van der Waals surface area contributed by atoms with E-state index < -0.39 is 0 Å². The summed E-state index contributed by atoms with van der Waals surface area (Å²) in [6, 6.07) is 12.7. The molecule has 0 saturated heterocycles. The number of rotatable bonds is 3. The maximum Gasteiger partial charge on any atom is 0.191 e. The smallest absolute Gasteiger partial charge is 0.191 e. The van der Waals surface area contributed by atoms with Crippen molar-refractivity contribution in [3.05, 3.63) is 54.2 Å². The molecule has 0 bridgehead atoms. The van der Waals surface area contributed by atoms with Gasteiger partial charge in [0.25, 0.3) is 0 Å². The Morgan fingerprint density at radius 3 is 3.00 bits per heavy atom. The molecule has 6 nitrogen and oxygen atoms in total. The van der Waals surface area contributed by atoms with E-state index in [1.807, 2.05) is 24.3 Å². The molecule has 1 heterocycles. The molecular weight excluding hydrogens is 298 g/mol. The van der Waals surface area contributed by atoms with Crippen LogP contribution in [0, 0.1) is 0 Å². The Hall–Kier alpha value is -2.93. The van der Waals surface area contributed by atoms with E-state index >= 15 is 0 Å². The van der Waals surface area contributed by atoms with Gasteiger partial charge in [-0.25, -0.2) is 0 Å². The minimum absolute atomic E-state index is 0.164. The summed E-state index contributed by atoms with van der Waals surface area (Å²) in [5.74, 6) is 0.164. The summed E-state index contributed by atoms with van der Waals surface area (Å²) in [5, 5.41) is 24.9. The van der Waals surface area contributed by atoms with E-state index in [0.29, 0.717) is 10.7 Å². The quantitative estimate of drug-likeness (QED) is 0.339. The first-order valence-electron chi connectivity index (χ1n) is 6.53. The minimum Gasteiger partial charge on any atom is -0.507 e. The number of nitrogens with zero attached hydrogens (tertiary/aromatic N) is 2. The third kappa shape index (κ3) is 3.21. The molecule has 0 spiro atoms. The van der Waals surface area contributed by atoms with Crippen LogP contribution in [0.4, 0.5) is 5.69 Å². The van der Waals surface area contributed by atoms with Crippen LogP contribution in [-0.4, -0.2) is 26.6 Å². The fraction of sp³-hybridized carbons (Fsp3) is 0. The zero-order valence-corrected chi connectivity index (χ0v) is 12.3. The van der Waals surface area contributed by atoms with Crippen LogP contribution in [0.2, 0.25) is 0 Å². The van der Waals surface area contributed by atoms with Gasteiger partial charge in [0.15, 0.2) is 5.11 Å². The van der Waals surface area contributed by atoms with E-state index in [-0.39, 0.29) is 5.75 Å². The zero-order valence-electron chi connectivity index (χ0n) is 11.4. The lowest BCUT2D eigenvalue weighted by molar-refractivity contribution is 0.474. The predicted molar refractivity (Wildman–Crippen MR) is 91.2 cm³/mol. The number of hydrogen-bond acceptors (Lipinski definition) is 4. The van der Waals surface area contributed by atoms with Gasteiger partial charge in [-0.2, -0.15) is 10.2 Å². The molecule has 7 heteroatoms. The lowest BCUT2D eigenvalue weighted by Crippen LogP contribution is -2.23. The Labute approximate surface area is 131 Å². The van der Waals surface area contributed by atoms with E-state index in [1.165, 1.54) is 6.21 Å². The summed E-state index contributed by atoms with van der Waals surface area (Å²) in [6.07, 6.45) is 3.26. The number of hydrogen-bond donors (Lipinski definition) is 4. The van der Waals surface area contributed by atoms with E-state index in [4.69, 9.17) is 12.2 Å². The van der Waals surface area contributed by atoms with E-state index in [2.05, 4.69) is 26.0 Å². The number of hydrazone groups is 1. The second-order valence-electron chi connectivity index (χ2n) is 4.55. The van der Waals surface area contributed by atoms with Crippen molar-refractivity contribution >= 4 is 40.1 Å². The highest BCUT2D eigenvalue weighted by molar-refractivity contribution is 7.80. The zero-order chi connectivity index (χ0) is 15.4. The number of aromatic nitrogens is 2. The average Bonchev–Trinajstić information content (AvgIpc) is 2.97. The number of fused-ring (bicyclic) bond motifs is 1. The van der Waals surface area contributed by atoms with Gasteiger partial charge in [0.1, 0.15) is 5.75 Å². The number of para-hydroxylation sites is 1. The molecule has 3 aromatic rings. The number of nitrogens with one attached hydrogen (secondary N) is 3.